The quantitative estimate of drug-likeness (QED) is 0.786. The lowest BCUT2D eigenvalue weighted by Crippen LogP contribution is -2.33. The molecule has 1 unspecified atom stereocenters. The Labute approximate surface area is 150 Å². The number of rotatable bonds is 5. The molecule has 1 heterocycles. The molecule has 0 amide bonds. The van der Waals surface area contributed by atoms with E-state index in [1.54, 1.807) is 0 Å². The molecule has 0 aromatic heterocycles. The first-order valence-electron chi connectivity index (χ1n) is 7.28. The number of alkyl halides is 3. The van der Waals surface area contributed by atoms with E-state index in [9.17, 15) is 21.6 Å². The minimum atomic E-state index is -4.79. The summed E-state index contributed by atoms with van der Waals surface area (Å²) in [6.45, 7) is 1.82. The molecule has 4 nitrogen and oxygen atoms in total. The van der Waals surface area contributed by atoms with Crippen molar-refractivity contribution in [1.29, 1.82) is 0 Å². The number of benzene rings is 1. The first-order valence-corrected chi connectivity index (χ1v) is 9.14. The van der Waals surface area contributed by atoms with Crippen LogP contribution in [0.3, 0.4) is 0 Å². The summed E-state index contributed by atoms with van der Waals surface area (Å²) in [6.07, 6.45) is -2.23. The summed E-state index contributed by atoms with van der Waals surface area (Å²) in [7, 11) is -4.33. The van der Waals surface area contributed by atoms with Crippen LogP contribution in [0.1, 0.15) is 24.8 Å². The van der Waals surface area contributed by atoms with E-state index in [0.29, 0.717) is 18.4 Å². The maximum absolute atomic E-state index is 13.0. The third-order valence-corrected chi connectivity index (χ3v) is 5.77. The van der Waals surface area contributed by atoms with Crippen LogP contribution in [-0.4, -0.2) is 28.1 Å². The molecule has 1 aromatic carbocycles. The van der Waals surface area contributed by atoms with Crippen LogP contribution in [-0.2, 0) is 16.2 Å². The minimum absolute atomic E-state index is 0. The highest BCUT2D eigenvalue weighted by molar-refractivity contribution is 7.89. The van der Waals surface area contributed by atoms with Crippen LogP contribution < -0.4 is 10.0 Å². The molecular formula is C14H19Cl2F3N2O2S. The first kappa shape index (κ1) is 21.5. The van der Waals surface area contributed by atoms with Crippen molar-refractivity contribution < 1.29 is 21.6 Å². The van der Waals surface area contributed by atoms with E-state index in [-0.39, 0.29) is 19.0 Å². The van der Waals surface area contributed by atoms with Gasteiger partial charge in [0.1, 0.15) is 4.90 Å². The van der Waals surface area contributed by atoms with Gasteiger partial charge < -0.3 is 5.32 Å². The summed E-state index contributed by atoms with van der Waals surface area (Å²) in [5.74, 6) is 0.319. The maximum Gasteiger partial charge on any atom is 0.417 e. The predicted octanol–water partition coefficient (Wildman–Crippen LogP) is 3.45. The lowest BCUT2D eigenvalue weighted by atomic mass is 9.96. The number of halogens is 5. The Morgan fingerprint density at radius 1 is 1.33 bits per heavy atom. The van der Waals surface area contributed by atoms with Gasteiger partial charge in [0.25, 0.3) is 0 Å². The van der Waals surface area contributed by atoms with Crippen LogP contribution in [0.4, 0.5) is 13.2 Å². The van der Waals surface area contributed by atoms with E-state index in [1.807, 2.05) is 0 Å². The van der Waals surface area contributed by atoms with Crippen molar-refractivity contribution in [3.63, 3.8) is 0 Å². The van der Waals surface area contributed by atoms with Crippen LogP contribution in [0, 0.1) is 5.92 Å². The van der Waals surface area contributed by atoms with Gasteiger partial charge in [-0.25, -0.2) is 13.1 Å². The van der Waals surface area contributed by atoms with Gasteiger partial charge in [0.05, 0.1) is 10.6 Å². The fourth-order valence-corrected chi connectivity index (χ4v) is 4.45. The summed E-state index contributed by atoms with van der Waals surface area (Å²) in [6, 6.07) is 2.93. The Bertz CT molecular complexity index is 648. The fraction of sp³-hybridized carbons (Fsp3) is 0.571. The van der Waals surface area contributed by atoms with Gasteiger partial charge in [-0.2, -0.15) is 13.2 Å². The second-order valence-corrected chi connectivity index (χ2v) is 7.62. The Morgan fingerprint density at radius 2 is 2.04 bits per heavy atom. The number of hydrogen-bond donors (Lipinski definition) is 2. The summed E-state index contributed by atoms with van der Waals surface area (Å²) in [4.78, 5) is -0.907. The van der Waals surface area contributed by atoms with Gasteiger partial charge in [0.2, 0.25) is 10.0 Å². The first-order chi connectivity index (χ1) is 10.7. The lowest BCUT2D eigenvalue weighted by Gasteiger charge is -2.22. The zero-order valence-corrected chi connectivity index (χ0v) is 15.1. The van der Waals surface area contributed by atoms with Crippen LogP contribution in [0.15, 0.2) is 23.1 Å². The molecule has 2 rings (SSSR count). The fourth-order valence-electron chi connectivity index (χ4n) is 2.65. The molecule has 0 radical (unpaired) electrons. The smallest absolute Gasteiger partial charge is 0.316 e. The summed E-state index contributed by atoms with van der Waals surface area (Å²) >= 11 is 5.72. The molecule has 1 fully saturated rings. The summed E-state index contributed by atoms with van der Waals surface area (Å²) in [5, 5.41) is 2.77. The molecule has 1 saturated heterocycles. The molecule has 0 saturated carbocycles. The van der Waals surface area contributed by atoms with Gasteiger partial charge >= 0.3 is 6.18 Å². The van der Waals surface area contributed by atoms with Crippen LogP contribution in [0.2, 0.25) is 5.02 Å². The molecule has 138 valence electrons. The Kier molecular flexibility index (Phi) is 7.80. The molecule has 0 bridgehead atoms. The Hall–Kier alpha value is -0.540. The summed E-state index contributed by atoms with van der Waals surface area (Å²) in [5.41, 5.74) is -1.25. The monoisotopic (exact) mass is 406 g/mol. The van der Waals surface area contributed by atoms with Crippen molar-refractivity contribution in [1.82, 2.24) is 10.0 Å². The van der Waals surface area contributed by atoms with Crippen molar-refractivity contribution in [2.24, 2.45) is 5.92 Å². The number of sulfonamides is 1. The maximum atomic E-state index is 13.0. The van der Waals surface area contributed by atoms with E-state index in [2.05, 4.69) is 10.0 Å². The topological polar surface area (TPSA) is 58.2 Å². The van der Waals surface area contributed by atoms with Gasteiger partial charge in [-0.1, -0.05) is 17.7 Å². The molecular weight excluding hydrogens is 388 g/mol. The number of piperidine rings is 1. The normalized spacial score (nSPS) is 18.9. The molecule has 0 spiro atoms. The third-order valence-electron chi connectivity index (χ3n) is 3.78. The van der Waals surface area contributed by atoms with Crippen molar-refractivity contribution in [3.05, 3.63) is 28.8 Å². The molecule has 10 heteroatoms. The molecule has 0 aliphatic carbocycles. The van der Waals surface area contributed by atoms with Gasteiger partial charge in [0, 0.05) is 6.54 Å². The zero-order chi connectivity index (χ0) is 17.1. The van der Waals surface area contributed by atoms with E-state index in [0.717, 1.165) is 38.1 Å². The lowest BCUT2D eigenvalue weighted by molar-refractivity contribution is -0.139. The van der Waals surface area contributed by atoms with Gasteiger partial charge in [-0.3, -0.25) is 0 Å². The molecule has 1 aliphatic rings. The SMILES string of the molecule is Cl.O=S(=O)(NCCC1CCCNC1)c1c(Cl)cccc1C(F)(F)F. The van der Waals surface area contributed by atoms with Crippen LogP contribution in [0.5, 0.6) is 0 Å². The van der Waals surface area contributed by atoms with Gasteiger partial charge in [-0.05, 0) is 50.4 Å². The van der Waals surface area contributed by atoms with E-state index < -0.39 is 31.7 Å². The van der Waals surface area contributed by atoms with Crippen LogP contribution >= 0.6 is 24.0 Å². The highest BCUT2D eigenvalue weighted by atomic mass is 35.5. The van der Waals surface area contributed by atoms with E-state index in [4.69, 9.17) is 11.6 Å². The molecule has 1 aliphatic heterocycles. The Balaban J connectivity index is 0.00000288. The van der Waals surface area contributed by atoms with Crippen molar-refractivity contribution in [2.45, 2.75) is 30.3 Å². The highest BCUT2D eigenvalue weighted by Crippen LogP contribution is 2.37. The van der Waals surface area contributed by atoms with Gasteiger partial charge in [-0.15, -0.1) is 12.4 Å². The largest absolute Gasteiger partial charge is 0.417 e. The zero-order valence-electron chi connectivity index (χ0n) is 12.7. The second-order valence-electron chi connectivity index (χ2n) is 5.51. The van der Waals surface area contributed by atoms with Gasteiger partial charge in [0.15, 0.2) is 0 Å². The van der Waals surface area contributed by atoms with E-state index in [1.165, 1.54) is 0 Å². The predicted molar refractivity (Wildman–Crippen MR) is 89.1 cm³/mol. The standard InChI is InChI=1S/C14H18ClF3N2O2S.ClH/c15-12-5-1-4-11(14(16,17)18)13(12)23(21,22)20-8-6-10-3-2-7-19-9-10;/h1,4-5,10,19-20H,2-3,6-9H2;1H. The van der Waals surface area contributed by atoms with Crippen molar-refractivity contribution >= 4 is 34.0 Å². The average Bonchev–Trinajstić information content (AvgIpc) is 2.46. The van der Waals surface area contributed by atoms with Crippen molar-refractivity contribution in [3.8, 4) is 0 Å². The number of hydrogen-bond acceptors (Lipinski definition) is 3. The second kappa shape index (κ2) is 8.71. The molecule has 1 atom stereocenters. The minimum Gasteiger partial charge on any atom is -0.316 e. The third kappa shape index (κ3) is 5.49. The van der Waals surface area contributed by atoms with Crippen LogP contribution in [0.25, 0.3) is 0 Å². The molecule has 1 aromatic rings. The molecule has 2 N–H and O–H groups in total. The number of nitrogens with one attached hydrogen (secondary N) is 2. The molecule has 24 heavy (non-hydrogen) atoms. The Morgan fingerprint density at radius 3 is 2.62 bits per heavy atom. The summed E-state index contributed by atoms with van der Waals surface area (Å²) < 4.78 is 65.8. The van der Waals surface area contributed by atoms with Crippen molar-refractivity contribution in [2.75, 3.05) is 19.6 Å². The van der Waals surface area contributed by atoms with E-state index >= 15 is 0 Å². The highest BCUT2D eigenvalue weighted by Gasteiger charge is 2.38. The average molecular weight is 407 g/mol.